The summed E-state index contributed by atoms with van der Waals surface area (Å²) < 4.78 is 11.5. The minimum Gasteiger partial charge on any atom is -0.460 e. The third kappa shape index (κ3) is 4.94. The zero-order chi connectivity index (χ0) is 27.6. The van der Waals surface area contributed by atoms with E-state index in [1.54, 1.807) is 12.1 Å². The molecule has 4 heterocycles. The fourth-order valence-corrected chi connectivity index (χ4v) is 4.67. The molecule has 4 aromatic heterocycles. The Hall–Kier alpha value is -5.24. The highest BCUT2D eigenvalue weighted by Gasteiger charge is 2.17. The number of fused-ring (bicyclic) bond motifs is 2. The van der Waals surface area contributed by atoms with E-state index >= 15 is 0 Å². The lowest BCUT2D eigenvalue weighted by molar-refractivity contribution is 0.0929. The molecule has 0 unspecified atom stereocenters. The van der Waals surface area contributed by atoms with Crippen LogP contribution in [0.1, 0.15) is 32.2 Å². The van der Waals surface area contributed by atoms with E-state index in [1.165, 1.54) is 0 Å². The molecule has 8 nitrogen and oxygen atoms in total. The highest BCUT2D eigenvalue weighted by Crippen LogP contribution is 2.27. The van der Waals surface area contributed by atoms with Crippen LogP contribution in [-0.4, -0.2) is 34.9 Å². The van der Waals surface area contributed by atoms with Gasteiger partial charge >= 0.3 is 0 Å². The maximum atomic E-state index is 13.2. The molecule has 0 aliphatic rings. The second kappa shape index (κ2) is 10.5. The van der Waals surface area contributed by atoms with Crippen LogP contribution in [0.5, 0.6) is 0 Å². The van der Waals surface area contributed by atoms with Crippen LogP contribution in [0.4, 0.5) is 0 Å². The Balaban J connectivity index is 1.18. The van der Waals surface area contributed by atoms with E-state index in [1.807, 2.05) is 86.6 Å². The van der Waals surface area contributed by atoms with Crippen LogP contribution in [0.2, 0.25) is 0 Å². The number of nitrogens with zero attached hydrogens (tertiary/aromatic N) is 2. The number of furan rings is 2. The lowest BCUT2D eigenvalue weighted by atomic mass is 10.1. The first-order valence-electron chi connectivity index (χ1n) is 13.0. The van der Waals surface area contributed by atoms with E-state index < -0.39 is 0 Å². The first-order chi connectivity index (χ1) is 19.5. The van der Waals surface area contributed by atoms with E-state index in [2.05, 4.69) is 20.6 Å². The van der Waals surface area contributed by atoms with Gasteiger partial charge in [0.1, 0.15) is 22.9 Å². The van der Waals surface area contributed by atoms with Crippen molar-refractivity contribution >= 4 is 33.6 Å². The number of rotatable bonds is 7. The second-order valence-corrected chi connectivity index (χ2v) is 9.48. The first-order valence-corrected chi connectivity index (χ1v) is 13.0. The fourth-order valence-electron chi connectivity index (χ4n) is 4.67. The monoisotopic (exact) mass is 530 g/mol. The largest absolute Gasteiger partial charge is 0.460 e. The Bertz CT molecular complexity index is 1750. The lowest BCUT2D eigenvalue weighted by Gasteiger charge is -2.12. The predicted octanol–water partition coefficient (Wildman–Crippen LogP) is 6.08. The molecule has 8 heteroatoms. The van der Waals surface area contributed by atoms with Crippen molar-refractivity contribution in [2.45, 2.75) is 13.8 Å². The molecule has 0 aliphatic carbocycles. The van der Waals surface area contributed by atoms with Gasteiger partial charge in [-0.3, -0.25) is 9.59 Å². The van der Waals surface area contributed by atoms with E-state index in [-0.39, 0.29) is 24.9 Å². The Morgan fingerprint density at radius 1 is 0.625 bits per heavy atom. The molecule has 198 valence electrons. The van der Waals surface area contributed by atoms with Crippen LogP contribution < -0.4 is 10.6 Å². The van der Waals surface area contributed by atoms with E-state index in [4.69, 9.17) is 8.83 Å². The molecular formula is C32H26N4O4. The number of benzene rings is 2. The van der Waals surface area contributed by atoms with Crippen LogP contribution in [-0.2, 0) is 0 Å². The molecule has 2 N–H and O–H groups in total. The van der Waals surface area contributed by atoms with Crippen LogP contribution >= 0.6 is 0 Å². The van der Waals surface area contributed by atoms with Crippen molar-refractivity contribution in [3.8, 4) is 22.9 Å². The molecule has 0 atom stereocenters. The van der Waals surface area contributed by atoms with Crippen molar-refractivity contribution in [3.63, 3.8) is 0 Å². The maximum Gasteiger partial charge on any atom is 0.252 e. The number of pyridine rings is 2. The van der Waals surface area contributed by atoms with Crippen molar-refractivity contribution in [2.75, 3.05) is 13.1 Å². The minimum atomic E-state index is -0.262. The number of carbonyl (C=O) groups is 2. The second-order valence-electron chi connectivity index (χ2n) is 9.48. The van der Waals surface area contributed by atoms with Crippen molar-refractivity contribution in [1.82, 2.24) is 20.6 Å². The molecule has 0 bridgehead atoms. The predicted molar refractivity (Wildman–Crippen MR) is 153 cm³/mol. The Labute approximate surface area is 230 Å². The molecule has 0 radical (unpaired) electrons. The molecule has 2 amide bonds. The summed E-state index contributed by atoms with van der Waals surface area (Å²) in [6.45, 7) is 4.20. The molecule has 6 aromatic rings. The number of carbonyl (C=O) groups excluding carboxylic acids is 2. The van der Waals surface area contributed by atoms with Crippen molar-refractivity contribution < 1.29 is 18.4 Å². The summed E-state index contributed by atoms with van der Waals surface area (Å²) in [5.41, 5.74) is 3.52. The summed E-state index contributed by atoms with van der Waals surface area (Å²) in [4.78, 5) is 35.8. The Morgan fingerprint density at radius 2 is 1.05 bits per heavy atom. The van der Waals surface area contributed by atoms with Gasteiger partial charge in [-0.15, -0.1) is 0 Å². The molecule has 2 aromatic carbocycles. The molecule has 0 aliphatic heterocycles. The van der Waals surface area contributed by atoms with E-state index in [0.717, 1.165) is 22.3 Å². The van der Waals surface area contributed by atoms with Gasteiger partial charge in [-0.05, 0) is 62.4 Å². The summed E-state index contributed by atoms with van der Waals surface area (Å²) in [6, 6.07) is 25.8. The smallest absolute Gasteiger partial charge is 0.252 e. The molecule has 0 fully saturated rings. The topological polar surface area (TPSA) is 110 Å². The van der Waals surface area contributed by atoms with Crippen molar-refractivity contribution in [3.05, 3.63) is 108 Å². The number of para-hydroxylation sites is 2. The van der Waals surface area contributed by atoms with E-state index in [9.17, 15) is 9.59 Å². The summed E-state index contributed by atoms with van der Waals surface area (Å²) in [6.07, 6.45) is 0. The van der Waals surface area contributed by atoms with Gasteiger partial charge < -0.3 is 19.5 Å². The molecule has 0 saturated carbocycles. The van der Waals surface area contributed by atoms with E-state index in [0.29, 0.717) is 45.1 Å². The summed E-state index contributed by atoms with van der Waals surface area (Å²) in [5, 5.41) is 7.31. The first kappa shape index (κ1) is 25.1. The van der Waals surface area contributed by atoms with Crippen LogP contribution in [0, 0.1) is 13.8 Å². The molecule has 0 saturated heterocycles. The fraction of sp³-hybridized carbons (Fsp3) is 0.125. The summed E-state index contributed by atoms with van der Waals surface area (Å²) in [5.74, 6) is 2.20. The number of aromatic nitrogens is 2. The van der Waals surface area contributed by atoms with Gasteiger partial charge in [-0.1, -0.05) is 36.4 Å². The summed E-state index contributed by atoms with van der Waals surface area (Å²) in [7, 11) is 0. The molecular weight excluding hydrogens is 504 g/mol. The Kier molecular flexibility index (Phi) is 6.57. The number of nitrogens with one attached hydrogen (secondary N) is 2. The van der Waals surface area contributed by atoms with Crippen LogP contribution in [0.25, 0.3) is 44.7 Å². The number of hydrogen-bond acceptors (Lipinski definition) is 6. The highest BCUT2D eigenvalue weighted by molar-refractivity contribution is 6.08. The van der Waals surface area contributed by atoms with Gasteiger partial charge in [0, 0.05) is 23.9 Å². The average molecular weight is 531 g/mol. The van der Waals surface area contributed by atoms with Gasteiger partial charge in [0.05, 0.1) is 22.2 Å². The molecule has 6 rings (SSSR count). The number of hydrogen-bond donors (Lipinski definition) is 2. The Morgan fingerprint density at radius 3 is 1.45 bits per heavy atom. The zero-order valence-electron chi connectivity index (χ0n) is 22.0. The quantitative estimate of drug-likeness (QED) is 0.242. The highest BCUT2D eigenvalue weighted by atomic mass is 16.3. The lowest BCUT2D eigenvalue weighted by Crippen LogP contribution is -2.35. The van der Waals surface area contributed by atoms with Gasteiger partial charge in [0.15, 0.2) is 11.5 Å². The zero-order valence-corrected chi connectivity index (χ0v) is 22.0. The SMILES string of the molecule is Cc1ccc(-c2cc(C(=O)NCCNC(=O)c3cc(-c4ccc(C)o4)nc4ccccc34)c3ccccc3n2)o1. The standard InChI is InChI=1S/C32H26N4O4/c1-19-11-13-29(39-19)27-17-23(21-7-3-5-9-25(21)35-27)31(37)33-15-16-34-32(38)24-18-28(30-14-12-20(2)40-30)36-26-10-6-4-8-22(24)26/h3-14,17-18H,15-16H2,1-2H3,(H,33,37)(H,34,38). The maximum absolute atomic E-state index is 13.2. The number of aryl methyl sites for hydroxylation is 2. The third-order valence-corrected chi connectivity index (χ3v) is 6.60. The molecule has 0 spiro atoms. The van der Waals surface area contributed by atoms with Gasteiger partial charge in [0.25, 0.3) is 11.8 Å². The van der Waals surface area contributed by atoms with Crippen molar-refractivity contribution in [1.29, 1.82) is 0 Å². The van der Waals surface area contributed by atoms with Crippen LogP contribution in [0.3, 0.4) is 0 Å². The van der Waals surface area contributed by atoms with Gasteiger partial charge in [0.2, 0.25) is 0 Å². The third-order valence-electron chi connectivity index (χ3n) is 6.60. The van der Waals surface area contributed by atoms with Gasteiger partial charge in [-0.25, -0.2) is 9.97 Å². The minimum absolute atomic E-state index is 0.240. The number of amides is 2. The normalized spacial score (nSPS) is 11.2. The van der Waals surface area contributed by atoms with Crippen LogP contribution in [0.15, 0.2) is 93.8 Å². The summed E-state index contributed by atoms with van der Waals surface area (Å²) >= 11 is 0. The molecule has 40 heavy (non-hydrogen) atoms. The van der Waals surface area contributed by atoms with Gasteiger partial charge in [-0.2, -0.15) is 0 Å². The average Bonchev–Trinajstić information content (AvgIpc) is 3.62. The van der Waals surface area contributed by atoms with Crippen molar-refractivity contribution in [2.24, 2.45) is 0 Å².